The second-order valence-corrected chi connectivity index (χ2v) is 9.40. The van der Waals surface area contributed by atoms with Gasteiger partial charge >= 0.3 is 0 Å². The summed E-state index contributed by atoms with van der Waals surface area (Å²) in [7, 11) is 0. The lowest BCUT2D eigenvalue weighted by Crippen LogP contribution is -2.22. The van der Waals surface area contributed by atoms with E-state index < -0.39 is 0 Å². The Balaban J connectivity index is 1.53. The molecule has 3 heterocycles. The fourth-order valence-corrected chi connectivity index (χ4v) is 5.19. The van der Waals surface area contributed by atoms with Crippen molar-refractivity contribution >= 4 is 55.7 Å². The molecular formula is C19H17N5OS3. The van der Waals surface area contributed by atoms with E-state index in [2.05, 4.69) is 43.7 Å². The quantitative estimate of drug-likeness (QED) is 0.348. The van der Waals surface area contributed by atoms with E-state index in [1.165, 1.54) is 23.1 Å². The molecule has 0 bridgehead atoms. The van der Waals surface area contributed by atoms with E-state index in [1.54, 1.807) is 17.7 Å². The van der Waals surface area contributed by atoms with Crippen molar-refractivity contribution in [2.24, 2.45) is 0 Å². The topological polar surface area (TPSA) is 80.7 Å². The number of hydrogen-bond donors (Lipinski definition) is 1. The Morgan fingerprint density at radius 2 is 2.00 bits per heavy atom. The van der Waals surface area contributed by atoms with E-state index in [9.17, 15) is 4.79 Å². The zero-order chi connectivity index (χ0) is 19.5. The second kappa shape index (κ2) is 8.34. The third-order valence-electron chi connectivity index (χ3n) is 4.01. The largest absolute Gasteiger partial charge is 0.300 e. The van der Waals surface area contributed by atoms with Crippen molar-refractivity contribution < 1.29 is 4.79 Å². The van der Waals surface area contributed by atoms with Crippen LogP contribution in [0.5, 0.6) is 0 Å². The van der Waals surface area contributed by atoms with E-state index in [1.807, 2.05) is 32.0 Å². The van der Waals surface area contributed by atoms with Crippen LogP contribution in [0.25, 0.3) is 20.7 Å². The first-order valence-corrected chi connectivity index (χ1v) is 11.2. The van der Waals surface area contributed by atoms with Gasteiger partial charge in [-0.15, -0.1) is 21.5 Å². The van der Waals surface area contributed by atoms with Gasteiger partial charge in [-0.05, 0) is 25.0 Å². The van der Waals surface area contributed by atoms with E-state index in [0.717, 1.165) is 37.1 Å². The van der Waals surface area contributed by atoms with Gasteiger partial charge in [-0.25, -0.2) is 9.97 Å². The highest BCUT2D eigenvalue weighted by Gasteiger charge is 2.19. The van der Waals surface area contributed by atoms with Crippen molar-refractivity contribution in [2.45, 2.75) is 30.5 Å². The molecule has 3 aromatic heterocycles. The molecule has 1 aromatic carbocycles. The smallest absolute Gasteiger partial charge is 0.239 e. The SMILES string of the molecule is CCc1nnc(NC(=O)C(C)Sc2ncnc3sc(-c4ccccc4)cc23)s1. The molecule has 0 radical (unpaired) electrons. The molecular weight excluding hydrogens is 410 g/mol. The summed E-state index contributed by atoms with van der Waals surface area (Å²) in [5, 5.41) is 13.8. The first-order valence-electron chi connectivity index (χ1n) is 8.74. The number of hydrogen-bond acceptors (Lipinski definition) is 8. The summed E-state index contributed by atoms with van der Waals surface area (Å²) < 4.78 is 0. The summed E-state index contributed by atoms with van der Waals surface area (Å²) in [6, 6.07) is 12.3. The number of benzene rings is 1. The Bertz CT molecular complexity index is 1110. The van der Waals surface area contributed by atoms with Crippen LogP contribution in [-0.2, 0) is 11.2 Å². The fourth-order valence-electron chi connectivity index (χ4n) is 2.55. The minimum Gasteiger partial charge on any atom is -0.300 e. The van der Waals surface area contributed by atoms with Crippen molar-refractivity contribution in [3.63, 3.8) is 0 Å². The number of aryl methyl sites for hydroxylation is 1. The maximum atomic E-state index is 12.5. The summed E-state index contributed by atoms with van der Waals surface area (Å²) in [5.41, 5.74) is 1.15. The molecule has 0 spiro atoms. The minimum atomic E-state index is -0.327. The molecule has 6 nitrogen and oxygen atoms in total. The minimum absolute atomic E-state index is 0.117. The Hall–Kier alpha value is -2.36. The average molecular weight is 428 g/mol. The summed E-state index contributed by atoms with van der Waals surface area (Å²) in [6.07, 6.45) is 2.36. The second-order valence-electron chi connectivity index (χ2n) is 5.98. The van der Waals surface area contributed by atoms with E-state index in [0.29, 0.717) is 5.13 Å². The van der Waals surface area contributed by atoms with E-state index in [-0.39, 0.29) is 11.2 Å². The van der Waals surface area contributed by atoms with Crippen molar-refractivity contribution in [3.8, 4) is 10.4 Å². The normalized spacial score (nSPS) is 12.2. The Kier molecular flexibility index (Phi) is 5.65. The lowest BCUT2D eigenvalue weighted by Gasteiger charge is -2.09. The lowest BCUT2D eigenvalue weighted by molar-refractivity contribution is -0.115. The zero-order valence-corrected chi connectivity index (χ0v) is 17.7. The number of amides is 1. The lowest BCUT2D eigenvalue weighted by atomic mass is 10.2. The highest BCUT2D eigenvalue weighted by atomic mass is 32.2. The number of nitrogens with one attached hydrogen (secondary N) is 1. The zero-order valence-electron chi connectivity index (χ0n) is 15.2. The Labute approximate surface area is 174 Å². The average Bonchev–Trinajstić information content (AvgIpc) is 3.36. The van der Waals surface area contributed by atoms with Crippen LogP contribution in [0.15, 0.2) is 47.8 Å². The van der Waals surface area contributed by atoms with Crippen LogP contribution >= 0.6 is 34.4 Å². The van der Waals surface area contributed by atoms with Crippen LogP contribution in [0.1, 0.15) is 18.9 Å². The first kappa shape index (κ1) is 19.0. The van der Waals surface area contributed by atoms with Gasteiger partial charge in [0.15, 0.2) is 0 Å². The number of carbonyl (C=O) groups excluding carboxylic acids is 1. The van der Waals surface area contributed by atoms with Gasteiger partial charge < -0.3 is 0 Å². The number of rotatable bonds is 6. The van der Waals surface area contributed by atoms with Crippen LogP contribution in [0.4, 0.5) is 5.13 Å². The Morgan fingerprint density at radius 1 is 1.18 bits per heavy atom. The van der Waals surface area contributed by atoms with Gasteiger partial charge in [0, 0.05) is 10.3 Å². The highest BCUT2D eigenvalue weighted by molar-refractivity contribution is 8.00. The van der Waals surface area contributed by atoms with Crippen molar-refractivity contribution in [1.82, 2.24) is 20.2 Å². The molecule has 28 heavy (non-hydrogen) atoms. The van der Waals surface area contributed by atoms with Gasteiger partial charge in [-0.2, -0.15) is 0 Å². The molecule has 0 fully saturated rings. The monoisotopic (exact) mass is 427 g/mol. The molecule has 0 saturated carbocycles. The van der Waals surface area contributed by atoms with Crippen LogP contribution in [0.2, 0.25) is 0 Å². The first-order chi connectivity index (χ1) is 13.6. The fraction of sp³-hybridized carbons (Fsp3) is 0.211. The van der Waals surface area contributed by atoms with Crippen LogP contribution in [0, 0.1) is 0 Å². The molecule has 0 aliphatic heterocycles. The predicted octanol–water partition coefficient (Wildman–Crippen LogP) is 4.89. The molecule has 9 heteroatoms. The van der Waals surface area contributed by atoms with Gasteiger partial charge in [0.2, 0.25) is 11.0 Å². The van der Waals surface area contributed by atoms with Crippen molar-refractivity contribution in [1.29, 1.82) is 0 Å². The molecule has 1 unspecified atom stereocenters. The molecule has 0 saturated heterocycles. The molecule has 0 aliphatic rings. The van der Waals surface area contributed by atoms with Crippen molar-refractivity contribution in [3.05, 3.63) is 47.7 Å². The standard InChI is InChI=1S/C19H17N5OS3/c1-3-15-23-24-19(28-15)22-16(25)11(2)26-17-13-9-14(12-7-5-4-6-8-12)27-18(13)21-10-20-17/h4-11H,3H2,1-2H3,(H,22,24,25). The van der Waals surface area contributed by atoms with E-state index >= 15 is 0 Å². The number of fused-ring (bicyclic) bond motifs is 1. The predicted molar refractivity (Wildman–Crippen MR) is 116 cm³/mol. The summed E-state index contributed by atoms with van der Waals surface area (Å²) >= 11 is 4.45. The summed E-state index contributed by atoms with van der Waals surface area (Å²) in [6.45, 7) is 3.87. The van der Waals surface area contributed by atoms with Crippen LogP contribution in [-0.4, -0.2) is 31.3 Å². The third kappa shape index (κ3) is 4.06. The van der Waals surface area contributed by atoms with Crippen LogP contribution < -0.4 is 5.32 Å². The van der Waals surface area contributed by atoms with Crippen LogP contribution in [0.3, 0.4) is 0 Å². The number of nitrogens with zero attached hydrogens (tertiary/aromatic N) is 4. The Morgan fingerprint density at radius 3 is 2.75 bits per heavy atom. The molecule has 4 rings (SSSR count). The van der Waals surface area contributed by atoms with Gasteiger partial charge in [0.1, 0.15) is 21.2 Å². The molecule has 1 N–H and O–H groups in total. The van der Waals surface area contributed by atoms with E-state index in [4.69, 9.17) is 0 Å². The number of aromatic nitrogens is 4. The molecule has 142 valence electrons. The van der Waals surface area contributed by atoms with Crippen molar-refractivity contribution in [2.75, 3.05) is 5.32 Å². The molecule has 1 atom stereocenters. The number of thiophene rings is 1. The number of carbonyl (C=O) groups is 1. The molecule has 4 aromatic rings. The maximum Gasteiger partial charge on any atom is 0.239 e. The summed E-state index contributed by atoms with van der Waals surface area (Å²) in [5.74, 6) is -0.117. The molecule has 0 aliphatic carbocycles. The third-order valence-corrected chi connectivity index (χ3v) is 7.20. The number of thioether (sulfide) groups is 1. The van der Waals surface area contributed by atoms with Gasteiger partial charge in [0.05, 0.1) is 5.25 Å². The maximum absolute atomic E-state index is 12.5. The number of anilines is 1. The van der Waals surface area contributed by atoms with Gasteiger partial charge in [-0.1, -0.05) is 60.4 Å². The molecule has 1 amide bonds. The highest BCUT2D eigenvalue weighted by Crippen LogP contribution is 2.37. The van der Waals surface area contributed by atoms with Gasteiger partial charge in [-0.3, -0.25) is 10.1 Å². The van der Waals surface area contributed by atoms with Gasteiger partial charge in [0.25, 0.3) is 0 Å². The summed E-state index contributed by atoms with van der Waals surface area (Å²) in [4.78, 5) is 23.4.